The van der Waals surface area contributed by atoms with Crippen molar-refractivity contribution in [3.05, 3.63) is 42.2 Å². The summed E-state index contributed by atoms with van der Waals surface area (Å²) in [5, 5.41) is 3.06. The van der Waals surface area contributed by atoms with Gasteiger partial charge in [-0.05, 0) is 31.5 Å². The Morgan fingerprint density at radius 2 is 1.93 bits per heavy atom. The van der Waals surface area contributed by atoms with Crippen LogP contribution < -0.4 is 15.0 Å². The molecule has 2 aromatic rings. The molecule has 0 aliphatic rings. The molecule has 0 unspecified atom stereocenters. The number of hydrogen-bond acceptors (Lipinski definition) is 8. The Morgan fingerprint density at radius 1 is 1.18 bits per heavy atom. The van der Waals surface area contributed by atoms with Crippen molar-refractivity contribution in [2.45, 2.75) is 20.3 Å². The van der Waals surface area contributed by atoms with E-state index in [9.17, 15) is 9.59 Å². The smallest absolute Gasteiger partial charge is 0.310 e. The molecule has 0 bridgehead atoms. The molecule has 0 aliphatic carbocycles. The summed E-state index contributed by atoms with van der Waals surface area (Å²) in [4.78, 5) is 33.0. The van der Waals surface area contributed by atoms with Gasteiger partial charge in [0.25, 0.3) is 0 Å². The number of ketones is 1. The zero-order valence-corrected chi connectivity index (χ0v) is 16.5. The average molecular weight is 386 g/mol. The van der Waals surface area contributed by atoms with Gasteiger partial charge in [-0.15, -0.1) is 0 Å². The predicted octanol–water partition coefficient (Wildman–Crippen LogP) is 1.99. The van der Waals surface area contributed by atoms with E-state index in [1.54, 1.807) is 32.2 Å². The molecule has 28 heavy (non-hydrogen) atoms. The van der Waals surface area contributed by atoms with Gasteiger partial charge in [-0.2, -0.15) is 4.98 Å². The topological polar surface area (TPSA) is 93.7 Å². The predicted molar refractivity (Wildman–Crippen MR) is 106 cm³/mol. The lowest BCUT2D eigenvalue weighted by Crippen LogP contribution is -2.32. The lowest BCUT2D eigenvalue weighted by atomic mass is 10.1. The molecule has 0 saturated heterocycles. The molecule has 8 nitrogen and oxygen atoms in total. The van der Waals surface area contributed by atoms with E-state index in [2.05, 4.69) is 15.3 Å². The highest BCUT2D eigenvalue weighted by atomic mass is 16.5. The summed E-state index contributed by atoms with van der Waals surface area (Å²) in [6.07, 6.45) is 3.42. The van der Waals surface area contributed by atoms with E-state index in [-0.39, 0.29) is 18.2 Å². The van der Waals surface area contributed by atoms with Crippen LogP contribution in [-0.4, -0.2) is 55.0 Å². The number of aromatic nitrogens is 2. The number of Topliss-reactive ketones (excluding diaryl/α,β-unsaturated/α-hetero) is 1. The van der Waals surface area contributed by atoms with Crippen molar-refractivity contribution >= 4 is 17.6 Å². The van der Waals surface area contributed by atoms with Crippen molar-refractivity contribution in [2.24, 2.45) is 0 Å². The molecular weight excluding hydrogens is 360 g/mol. The van der Waals surface area contributed by atoms with E-state index in [1.807, 2.05) is 24.1 Å². The minimum absolute atomic E-state index is 0.103. The van der Waals surface area contributed by atoms with Crippen LogP contribution in [0.5, 0.6) is 11.6 Å². The first kappa shape index (κ1) is 21.3. The van der Waals surface area contributed by atoms with Crippen molar-refractivity contribution in [2.75, 3.05) is 38.2 Å². The summed E-state index contributed by atoms with van der Waals surface area (Å²) in [6, 6.07) is 7.18. The second-order valence-electron chi connectivity index (χ2n) is 6.24. The van der Waals surface area contributed by atoms with Crippen LogP contribution in [0.4, 0.5) is 5.82 Å². The fourth-order valence-corrected chi connectivity index (χ4v) is 2.37. The number of anilines is 1. The number of carbonyl (C=O) groups is 2. The van der Waals surface area contributed by atoms with Gasteiger partial charge in [-0.25, -0.2) is 0 Å². The van der Waals surface area contributed by atoms with Gasteiger partial charge in [0.2, 0.25) is 5.88 Å². The summed E-state index contributed by atoms with van der Waals surface area (Å²) in [5.74, 6) is 1.49. The largest absolute Gasteiger partial charge is 0.466 e. The van der Waals surface area contributed by atoms with Crippen LogP contribution in [0.1, 0.15) is 19.4 Å². The minimum atomic E-state index is -0.254. The summed E-state index contributed by atoms with van der Waals surface area (Å²) < 4.78 is 10.7. The highest BCUT2D eigenvalue weighted by Crippen LogP contribution is 2.21. The Kier molecular flexibility index (Phi) is 8.36. The number of rotatable bonds is 11. The Hall–Kier alpha value is -3.00. The first-order chi connectivity index (χ1) is 13.5. The molecular formula is C20H26N4O4. The molecule has 2 rings (SSSR count). The van der Waals surface area contributed by atoms with Crippen LogP contribution in [0.3, 0.4) is 0 Å². The number of nitrogens with zero attached hydrogens (tertiary/aromatic N) is 3. The number of benzene rings is 1. The Labute approximate surface area is 164 Å². The third-order valence-corrected chi connectivity index (χ3v) is 3.79. The maximum absolute atomic E-state index is 11.5. The lowest BCUT2D eigenvalue weighted by molar-refractivity contribution is -0.142. The molecule has 0 saturated carbocycles. The third-order valence-electron chi connectivity index (χ3n) is 3.79. The maximum Gasteiger partial charge on any atom is 0.310 e. The zero-order chi connectivity index (χ0) is 20.4. The molecule has 0 radical (unpaired) electrons. The van der Waals surface area contributed by atoms with Crippen LogP contribution in [0.15, 0.2) is 36.7 Å². The van der Waals surface area contributed by atoms with E-state index in [4.69, 9.17) is 9.47 Å². The van der Waals surface area contributed by atoms with Gasteiger partial charge in [0.05, 0.1) is 32.0 Å². The van der Waals surface area contributed by atoms with Gasteiger partial charge >= 0.3 is 5.97 Å². The average Bonchev–Trinajstić information content (AvgIpc) is 2.67. The molecule has 0 amide bonds. The molecule has 1 aromatic carbocycles. The van der Waals surface area contributed by atoms with Crippen molar-refractivity contribution in [3.8, 4) is 11.6 Å². The van der Waals surface area contributed by atoms with Gasteiger partial charge in [0.15, 0.2) is 5.82 Å². The van der Waals surface area contributed by atoms with Crippen molar-refractivity contribution in [3.63, 3.8) is 0 Å². The summed E-state index contributed by atoms with van der Waals surface area (Å²) in [5.41, 5.74) is 0.850. The Balaban J connectivity index is 1.91. The summed E-state index contributed by atoms with van der Waals surface area (Å²) >= 11 is 0. The highest BCUT2D eigenvalue weighted by Gasteiger charge is 2.08. The van der Waals surface area contributed by atoms with Crippen molar-refractivity contribution in [1.82, 2.24) is 15.3 Å². The van der Waals surface area contributed by atoms with Gasteiger partial charge in [0, 0.05) is 20.1 Å². The molecule has 1 aromatic heterocycles. The summed E-state index contributed by atoms with van der Waals surface area (Å²) in [7, 11) is 1.90. The Morgan fingerprint density at radius 3 is 2.61 bits per heavy atom. The molecule has 0 atom stereocenters. The van der Waals surface area contributed by atoms with E-state index in [1.165, 1.54) is 6.20 Å². The standard InChI is InChI=1S/C20H26N4O4/c1-4-27-20(26)11-16-5-7-17(8-6-16)28-19-14-22-13-18(23-19)24(3)10-9-21-12-15(2)25/h5-8,13-14,21H,4,9-12H2,1-3H3. The highest BCUT2D eigenvalue weighted by molar-refractivity contribution is 5.77. The number of carbonyl (C=O) groups excluding carboxylic acids is 2. The molecule has 1 N–H and O–H groups in total. The van der Waals surface area contributed by atoms with Crippen LogP contribution in [-0.2, 0) is 20.7 Å². The van der Waals surface area contributed by atoms with Crippen LogP contribution in [0.2, 0.25) is 0 Å². The molecule has 0 spiro atoms. The van der Waals surface area contributed by atoms with Crippen LogP contribution in [0.25, 0.3) is 0 Å². The second-order valence-corrected chi connectivity index (χ2v) is 6.24. The van der Waals surface area contributed by atoms with Gasteiger partial charge in [-0.1, -0.05) is 12.1 Å². The molecule has 150 valence electrons. The maximum atomic E-state index is 11.5. The van der Waals surface area contributed by atoms with E-state index in [0.717, 1.165) is 5.56 Å². The number of nitrogens with one attached hydrogen (secondary N) is 1. The number of hydrogen-bond donors (Lipinski definition) is 1. The number of esters is 1. The third kappa shape index (κ3) is 7.32. The Bertz CT molecular complexity index is 780. The fourth-order valence-electron chi connectivity index (χ4n) is 2.37. The van der Waals surface area contributed by atoms with Gasteiger partial charge in [-0.3, -0.25) is 14.6 Å². The lowest BCUT2D eigenvalue weighted by Gasteiger charge is -2.18. The molecule has 8 heteroatoms. The summed E-state index contributed by atoms with van der Waals surface area (Å²) in [6.45, 7) is 5.39. The SMILES string of the molecule is CCOC(=O)Cc1ccc(Oc2cncc(N(C)CCNCC(C)=O)n2)cc1. The fraction of sp³-hybridized carbons (Fsp3) is 0.400. The number of likely N-dealkylation sites (N-methyl/N-ethyl adjacent to an activating group) is 1. The molecule has 0 aliphatic heterocycles. The zero-order valence-electron chi connectivity index (χ0n) is 16.5. The molecule has 0 fully saturated rings. The quantitative estimate of drug-likeness (QED) is 0.463. The normalized spacial score (nSPS) is 10.4. The second kappa shape index (κ2) is 11.0. The monoisotopic (exact) mass is 386 g/mol. The first-order valence-electron chi connectivity index (χ1n) is 9.13. The van der Waals surface area contributed by atoms with E-state index in [0.29, 0.717) is 43.7 Å². The van der Waals surface area contributed by atoms with Crippen LogP contribution in [0, 0.1) is 0 Å². The van der Waals surface area contributed by atoms with Crippen molar-refractivity contribution in [1.29, 1.82) is 0 Å². The van der Waals surface area contributed by atoms with Gasteiger partial charge < -0.3 is 19.7 Å². The number of ether oxygens (including phenoxy) is 2. The van der Waals surface area contributed by atoms with Gasteiger partial charge in [0.1, 0.15) is 11.5 Å². The first-order valence-corrected chi connectivity index (χ1v) is 9.13. The van der Waals surface area contributed by atoms with Crippen LogP contribution >= 0.6 is 0 Å². The van der Waals surface area contributed by atoms with Crippen molar-refractivity contribution < 1.29 is 19.1 Å². The minimum Gasteiger partial charge on any atom is -0.466 e. The molecule has 1 heterocycles. The van der Waals surface area contributed by atoms with E-state index < -0.39 is 0 Å². The van der Waals surface area contributed by atoms with E-state index >= 15 is 0 Å².